The van der Waals surface area contributed by atoms with Gasteiger partial charge in [-0.1, -0.05) is 18.2 Å². The van der Waals surface area contributed by atoms with Gasteiger partial charge in [-0.2, -0.15) is 0 Å². The zero-order valence-corrected chi connectivity index (χ0v) is 9.05. The molecule has 0 atom stereocenters. The maximum absolute atomic E-state index is 11.2. The van der Waals surface area contributed by atoms with Gasteiger partial charge in [0.2, 0.25) is 5.91 Å². The Balaban J connectivity index is 2.46. The number of benzene rings is 2. The van der Waals surface area contributed by atoms with Crippen molar-refractivity contribution in [3.05, 3.63) is 54.4 Å². The summed E-state index contributed by atoms with van der Waals surface area (Å²) < 4.78 is 0. The fourth-order valence-electron chi connectivity index (χ4n) is 2.05. The fraction of sp³-hybridized carbons (Fsp3) is 0. The van der Waals surface area contributed by atoms with Crippen LogP contribution in [-0.4, -0.2) is 10.9 Å². The van der Waals surface area contributed by atoms with Gasteiger partial charge in [-0.3, -0.25) is 9.78 Å². The first kappa shape index (κ1) is 9.78. The van der Waals surface area contributed by atoms with Crippen LogP contribution in [0, 0.1) is 0 Å². The molecule has 0 fully saturated rings. The molecule has 1 amide bonds. The van der Waals surface area contributed by atoms with Crippen LogP contribution >= 0.6 is 0 Å². The van der Waals surface area contributed by atoms with Crippen molar-refractivity contribution in [1.82, 2.24) is 4.98 Å². The van der Waals surface area contributed by atoms with Crippen LogP contribution in [0.5, 0.6) is 0 Å². The standard InChI is InChI=1S/C14H10N2O/c15-14(17)10-3-1-9-2-4-11-8-16-6-5-12(11)13(9)7-10/h1-8H,(H2,15,17). The lowest BCUT2D eigenvalue weighted by atomic mass is 10.0. The normalized spacial score (nSPS) is 10.8. The van der Waals surface area contributed by atoms with Crippen LogP contribution in [0.15, 0.2) is 48.8 Å². The topological polar surface area (TPSA) is 56.0 Å². The predicted molar refractivity (Wildman–Crippen MR) is 67.8 cm³/mol. The van der Waals surface area contributed by atoms with E-state index in [1.807, 2.05) is 36.5 Å². The Hall–Kier alpha value is -2.42. The summed E-state index contributed by atoms with van der Waals surface area (Å²) in [7, 11) is 0. The summed E-state index contributed by atoms with van der Waals surface area (Å²) in [5.74, 6) is -0.405. The van der Waals surface area contributed by atoms with Crippen LogP contribution in [0.25, 0.3) is 21.5 Å². The average molecular weight is 222 g/mol. The van der Waals surface area contributed by atoms with Crippen molar-refractivity contribution in [1.29, 1.82) is 0 Å². The number of nitrogens with two attached hydrogens (primary N) is 1. The van der Waals surface area contributed by atoms with Crippen molar-refractivity contribution in [3.63, 3.8) is 0 Å². The molecule has 0 saturated carbocycles. The predicted octanol–water partition coefficient (Wildman–Crippen LogP) is 2.49. The van der Waals surface area contributed by atoms with Crippen LogP contribution < -0.4 is 5.73 Å². The van der Waals surface area contributed by atoms with Gasteiger partial charge in [0.05, 0.1) is 0 Å². The van der Waals surface area contributed by atoms with Gasteiger partial charge >= 0.3 is 0 Å². The number of primary amides is 1. The summed E-state index contributed by atoms with van der Waals surface area (Å²) in [6.07, 6.45) is 3.56. The third-order valence-electron chi connectivity index (χ3n) is 2.92. The Morgan fingerprint density at radius 3 is 2.59 bits per heavy atom. The highest BCUT2D eigenvalue weighted by Crippen LogP contribution is 2.25. The lowest BCUT2D eigenvalue weighted by Crippen LogP contribution is -2.10. The number of carbonyl (C=O) groups excluding carboxylic acids is 1. The van der Waals surface area contributed by atoms with Gasteiger partial charge in [0.15, 0.2) is 0 Å². The van der Waals surface area contributed by atoms with E-state index in [0.29, 0.717) is 5.56 Å². The average Bonchev–Trinajstić information content (AvgIpc) is 2.38. The molecule has 0 bridgehead atoms. The molecule has 3 aromatic rings. The molecular formula is C14H10N2O. The quantitative estimate of drug-likeness (QED) is 0.643. The largest absolute Gasteiger partial charge is 0.366 e. The summed E-state index contributed by atoms with van der Waals surface area (Å²) in [4.78, 5) is 15.3. The number of nitrogens with zero attached hydrogens (tertiary/aromatic N) is 1. The minimum absolute atomic E-state index is 0.405. The molecule has 82 valence electrons. The third-order valence-corrected chi connectivity index (χ3v) is 2.92. The highest BCUT2D eigenvalue weighted by molar-refractivity contribution is 6.09. The number of amides is 1. The van der Waals surface area contributed by atoms with E-state index in [4.69, 9.17) is 5.73 Å². The summed E-state index contributed by atoms with van der Waals surface area (Å²) >= 11 is 0. The maximum atomic E-state index is 11.2. The highest BCUT2D eigenvalue weighted by Gasteiger charge is 2.04. The molecule has 0 spiro atoms. The van der Waals surface area contributed by atoms with Gasteiger partial charge < -0.3 is 5.73 Å². The minimum atomic E-state index is -0.405. The fourth-order valence-corrected chi connectivity index (χ4v) is 2.05. The molecule has 17 heavy (non-hydrogen) atoms. The lowest BCUT2D eigenvalue weighted by Gasteiger charge is -2.04. The Morgan fingerprint density at radius 1 is 1.00 bits per heavy atom. The van der Waals surface area contributed by atoms with Crippen molar-refractivity contribution in [2.45, 2.75) is 0 Å². The second-order valence-electron chi connectivity index (χ2n) is 3.96. The number of pyridine rings is 1. The number of aromatic nitrogens is 1. The lowest BCUT2D eigenvalue weighted by molar-refractivity contribution is 0.100. The number of fused-ring (bicyclic) bond motifs is 3. The minimum Gasteiger partial charge on any atom is -0.366 e. The maximum Gasteiger partial charge on any atom is 0.248 e. The second kappa shape index (κ2) is 3.56. The zero-order chi connectivity index (χ0) is 11.8. The van der Waals surface area contributed by atoms with Crippen molar-refractivity contribution < 1.29 is 4.79 Å². The summed E-state index contributed by atoms with van der Waals surface area (Å²) in [6, 6.07) is 11.5. The molecule has 2 aromatic carbocycles. The van der Waals surface area contributed by atoms with Crippen molar-refractivity contribution in [2.75, 3.05) is 0 Å². The molecule has 0 unspecified atom stereocenters. The Bertz CT molecular complexity index is 734. The Morgan fingerprint density at radius 2 is 1.76 bits per heavy atom. The first-order valence-electron chi connectivity index (χ1n) is 5.32. The molecule has 3 nitrogen and oxygen atoms in total. The van der Waals surface area contributed by atoms with Crippen LogP contribution in [-0.2, 0) is 0 Å². The monoisotopic (exact) mass is 222 g/mol. The molecule has 0 radical (unpaired) electrons. The SMILES string of the molecule is NC(=O)c1ccc2ccc3cnccc3c2c1. The van der Waals surface area contributed by atoms with E-state index in [1.54, 1.807) is 12.3 Å². The third kappa shape index (κ3) is 1.52. The van der Waals surface area contributed by atoms with Gasteiger partial charge in [-0.05, 0) is 34.4 Å². The number of hydrogen-bond donors (Lipinski definition) is 1. The van der Waals surface area contributed by atoms with Crippen molar-refractivity contribution in [2.24, 2.45) is 5.73 Å². The molecule has 0 aliphatic heterocycles. The van der Waals surface area contributed by atoms with Gasteiger partial charge in [0.1, 0.15) is 0 Å². The molecule has 1 heterocycles. The Labute approximate surface area is 97.9 Å². The van der Waals surface area contributed by atoms with Crippen LogP contribution in [0.2, 0.25) is 0 Å². The summed E-state index contributed by atoms with van der Waals surface area (Å²) in [6.45, 7) is 0. The molecule has 0 aliphatic carbocycles. The second-order valence-corrected chi connectivity index (χ2v) is 3.96. The molecule has 1 aromatic heterocycles. The summed E-state index contributed by atoms with van der Waals surface area (Å²) in [5.41, 5.74) is 5.83. The summed E-state index contributed by atoms with van der Waals surface area (Å²) in [5, 5.41) is 4.26. The zero-order valence-electron chi connectivity index (χ0n) is 9.05. The van der Waals surface area contributed by atoms with Crippen LogP contribution in [0.4, 0.5) is 0 Å². The van der Waals surface area contributed by atoms with Crippen LogP contribution in [0.3, 0.4) is 0 Å². The molecular weight excluding hydrogens is 212 g/mol. The van der Waals surface area contributed by atoms with Gasteiger partial charge in [-0.25, -0.2) is 0 Å². The molecule has 2 N–H and O–H groups in total. The number of rotatable bonds is 1. The highest BCUT2D eigenvalue weighted by atomic mass is 16.1. The first-order chi connectivity index (χ1) is 8.25. The van der Waals surface area contributed by atoms with E-state index < -0.39 is 5.91 Å². The van der Waals surface area contributed by atoms with Gasteiger partial charge in [0, 0.05) is 23.3 Å². The van der Waals surface area contributed by atoms with E-state index in [9.17, 15) is 4.79 Å². The van der Waals surface area contributed by atoms with Crippen LogP contribution in [0.1, 0.15) is 10.4 Å². The van der Waals surface area contributed by atoms with E-state index in [2.05, 4.69) is 4.98 Å². The van der Waals surface area contributed by atoms with Crippen molar-refractivity contribution >= 4 is 27.5 Å². The van der Waals surface area contributed by atoms with Gasteiger partial charge in [0.25, 0.3) is 0 Å². The Kier molecular flexibility index (Phi) is 2.05. The first-order valence-corrected chi connectivity index (χ1v) is 5.32. The molecule has 3 rings (SSSR count). The smallest absolute Gasteiger partial charge is 0.248 e. The van der Waals surface area contributed by atoms with E-state index in [1.165, 1.54) is 0 Å². The molecule has 0 aliphatic rings. The van der Waals surface area contributed by atoms with Gasteiger partial charge in [-0.15, -0.1) is 0 Å². The number of carbonyl (C=O) groups is 1. The van der Waals surface area contributed by atoms with E-state index in [0.717, 1.165) is 21.5 Å². The molecule has 0 saturated heterocycles. The van der Waals surface area contributed by atoms with E-state index >= 15 is 0 Å². The van der Waals surface area contributed by atoms with Crippen molar-refractivity contribution in [3.8, 4) is 0 Å². The van der Waals surface area contributed by atoms with E-state index in [-0.39, 0.29) is 0 Å². The molecule has 3 heteroatoms. The number of hydrogen-bond acceptors (Lipinski definition) is 2.